The summed E-state index contributed by atoms with van der Waals surface area (Å²) in [5.74, 6) is 0.174. The molecule has 2 heterocycles. The molecule has 2 atom stereocenters. The smallest absolute Gasteiger partial charge is 0.126 e. The first-order chi connectivity index (χ1) is 8.78. The summed E-state index contributed by atoms with van der Waals surface area (Å²) in [7, 11) is 0. The van der Waals surface area contributed by atoms with Gasteiger partial charge in [0.15, 0.2) is 0 Å². The Kier molecular flexibility index (Phi) is 3.04. The highest BCUT2D eigenvalue weighted by Gasteiger charge is 2.36. The van der Waals surface area contributed by atoms with Crippen LogP contribution in [0.5, 0.6) is 0 Å². The third-order valence-corrected chi connectivity index (χ3v) is 4.17. The summed E-state index contributed by atoms with van der Waals surface area (Å²) in [4.78, 5) is 2.39. The molecule has 0 saturated carbocycles. The molecule has 96 valence electrons. The van der Waals surface area contributed by atoms with E-state index >= 15 is 0 Å². The summed E-state index contributed by atoms with van der Waals surface area (Å²) in [6.07, 6.45) is 2.61. The lowest BCUT2D eigenvalue weighted by Crippen LogP contribution is -2.38. The van der Waals surface area contributed by atoms with Crippen molar-refractivity contribution in [1.29, 1.82) is 0 Å². The van der Waals surface area contributed by atoms with Crippen molar-refractivity contribution < 1.29 is 9.60 Å². The molecular formula is C14H17FN2O. The Morgan fingerprint density at radius 2 is 2.17 bits per heavy atom. The van der Waals surface area contributed by atoms with Crippen molar-refractivity contribution in [2.24, 2.45) is 5.16 Å². The minimum absolute atomic E-state index is 0.0987. The van der Waals surface area contributed by atoms with Gasteiger partial charge in [-0.1, -0.05) is 23.4 Å². The first-order valence-corrected chi connectivity index (χ1v) is 6.46. The summed E-state index contributed by atoms with van der Waals surface area (Å²) in [5, 5.41) is 12.2. The minimum Gasteiger partial charge on any atom is -0.411 e. The number of oxime groups is 1. The van der Waals surface area contributed by atoms with Crippen molar-refractivity contribution >= 4 is 5.71 Å². The molecule has 2 aliphatic rings. The fourth-order valence-corrected chi connectivity index (χ4v) is 3.24. The summed E-state index contributed by atoms with van der Waals surface area (Å²) < 4.78 is 13.8. The molecule has 2 aliphatic heterocycles. The molecule has 3 rings (SSSR count). The van der Waals surface area contributed by atoms with Crippen LogP contribution in [0.25, 0.3) is 0 Å². The van der Waals surface area contributed by atoms with E-state index in [1.54, 1.807) is 6.07 Å². The van der Waals surface area contributed by atoms with Crippen LogP contribution >= 0.6 is 0 Å². The van der Waals surface area contributed by atoms with Crippen LogP contribution in [0, 0.1) is 5.82 Å². The normalized spacial score (nSPS) is 30.6. The lowest BCUT2D eigenvalue weighted by atomic mass is 9.93. The maximum Gasteiger partial charge on any atom is 0.126 e. The van der Waals surface area contributed by atoms with E-state index in [-0.39, 0.29) is 11.7 Å². The van der Waals surface area contributed by atoms with Crippen LogP contribution in [0.1, 0.15) is 30.7 Å². The molecule has 4 heteroatoms. The molecule has 0 radical (unpaired) electrons. The number of hydrogen-bond acceptors (Lipinski definition) is 3. The average Bonchev–Trinajstić information content (AvgIpc) is 2.81. The van der Waals surface area contributed by atoms with E-state index in [9.17, 15) is 4.39 Å². The quantitative estimate of drug-likeness (QED) is 0.612. The van der Waals surface area contributed by atoms with Crippen molar-refractivity contribution in [3.8, 4) is 0 Å². The average molecular weight is 248 g/mol. The molecule has 2 saturated heterocycles. The van der Waals surface area contributed by atoms with E-state index in [0.29, 0.717) is 6.04 Å². The molecule has 0 amide bonds. The maximum absolute atomic E-state index is 13.8. The van der Waals surface area contributed by atoms with Crippen LogP contribution in [0.3, 0.4) is 0 Å². The highest BCUT2D eigenvalue weighted by atomic mass is 19.1. The van der Waals surface area contributed by atoms with Gasteiger partial charge in [-0.2, -0.15) is 0 Å². The number of nitrogens with zero attached hydrogens (tertiary/aromatic N) is 2. The third-order valence-electron chi connectivity index (χ3n) is 4.17. The zero-order chi connectivity index (χ0) is 12.5. The van der Waals surface area contributed by atoms with Crippen LogP contribution in [0.4, 0.5) is 4.39 Å². The van der Waals surface area contributed by atoms with E-state index < -0.39 is 0 Å². The monoisotopic (exact) mass is 248 g/mol. The first-order valence-electron chi connectivity index (χ1n) is 6.46. The standard InChI is InChI=1S/C14H17FN2O/c15-14-4-2-1-3-13(14)10-7-12-8-11(16-18)5-6-17(12)9-10/h1-4,10,12,18H,5-9H2/t10-,12+/m1/s1. The van der Waals surface area contributed by atoms with Gasteiger partial charge in [-0.3, -0.25) is 4.90 Å². The third kappa shape index (κ3) is 2.01. The second-order valence-electron chi connectivity index (χ2n) is 5.22. The van der Waals surface area contributed by atoms with Crippen molar-refractivity contribution in [2.45, 2.75) is 31.2 Å². The maximum atomic E-state index is 13.8. The van der Waals surface area contributed by atoms with Gasteiger partial charge in [-0.05, 0) is 18.1 Å². The van der Waals surface area contributed by atoms with Crippen LogP contribution < -0.4 is 0 Å². The number of hydrogen-bond donors (Lipinski definition) is 1. The van der Waals surface area contributed by atoms with E-state index in [4.69, 9.17) is 5.21 Å². The molecule has 0 spiro atoms. The Morgan fingerprint density at radius 1 is 1.33 bits per heavy atom. The lowest BCUT2D eigenvalue weighted by Gasteiger charge is -2.29. The Morgan fingerprint density at radius 3 is 2.94 bits per heavy atom. The number of halogens is 1. The van der Waals surface area contributed by atoms with E-state index in [1.165, 1.54) is 6.07 Å². The molecule has 0 unspecified atom stereocenters. The largest absolute Gasteiger partial charge is 0.411 e. The Balaban J connectivity index is 1.77. The highest BCUT2D eigenvalue weighted by molar-refractivity contribution is 5.85. The van der Waals surface area contributed by atoms with Crippen LogP contribution in [0.2, 0.25) is 0 Å². The zero-order valence-corrected chi connectivity index (χ0v) is 10.2. The molecule has 2 fully saturated rings. The molecule has 1 aromatic carbocycles. The predicted octanol–water partition coefficient (Wildman–Crippen LogP) is 2.61. The molecule has 0 aromatic heterocycles. The van der Waals surface area contributed by atoms with E-state index in [1.807, 2.05) is 12.1 Å². The van der Waals surface area contributed by atoms with Crippen molar-refractivity contribution in [1.82, 2.24) is 4.90 Å². The predicted molar refractivity (Wildman–Crippen MR) is 67.6 cm³/mol. The number of rotatable bonds is 1. The van der Waals surface area contributed by atoms with Gasteiger partial charge in [-0.15, -0.1) is 0 Å². The highest BCUT2D eigenvalue weighted by Crippen LogP contribution is 2.36. The molecule has 3 nitrogen and oxygen atoms in total. The van der Waals surface area contributed by atoms with Gasteiger partial charge in [0.2, 0.25) is 0 Å². The Bertz CT molecular complexity index is 475. The van der Waals surface area contributed by atoms with Crippen molar-refractivity contribution in [3.63, 3.8) is 0 Å². The van der Waals surface area contributed by atoms with Crippen LogP contribution in [-0.4, -0.2) is 35.0 Å². The van der Waals surface area contributed by atoms with Crippen LogP contribution in [0.15, 0.2) is 29.4 Å². The van der Waals surface area contributed by atoms with Crippen molar-refractivity contribution in [2.75, 3.05) is 13.1 Å². The number of fused-ring (bicyclic) bond motifs is 1. The van der Waals surface area contributed by atoms with Gasteiger partial charge in [0.05, 0.1) is 5.71 Å². The summed E-state index contributed by atoms with van der Waals surface area (Å²) in [5.41, 5.74) is 1.71. The second-order valence-corrected chi connectivity index (χ2v) is 5.22. The molecule has 0 aliphatic carbocycles. The van der Waals surface area contributed by atoms with Gasteiger partial charge in [0.25, 0.3) is 0 Å². The summed E-state index contributed by atoms with van der Waals surface area (Å²) in [6, 6.07) is 7.47. The van der Waals surface area contributed by atoms with Gasteiger partial charge in [-0.25, -0.2) is 4.39 Å². The molecule has 18 heavy (non-hydrogen) atoms. The SMILES string of the molecule is ON=C1CCN2C[C@H](c3ccccc3F)C[C@H]2C1. The summed E-state index contributed by atoms with van der Waals surface area (Å²) >= 11 is 0. The zero-order valence-electron chi connectivity index (χ0n) is 10.2. The summed E-state index contributed by atoms with van der Waals surface area (Å²) in [6.45, 7) is 1.85. The number of piperidine rings is 1. The van der Waals surface area contributed by atoms with E-state index in [2.05, 4.69) is 10.1 Å². The fraction of sp³-hybridized carbons (Fsp3) is 0.500. The lowest BCUT2D eigenvalue weighted by molar-refractivity contribution is 0.239. The Labute approximate surface area is 106 Å². The molecule has 1 N–H and O–H groups in total. The first kappa shape index (κ1) is 11.7. The number of benzene rings is 1. The molecular weight excluding hydrogens is 231 g/mol. The van der Waals surface area contributed by atoms with Crippen molar-refractivity contribution in [3.05, 3.63) is 35.6 Å². The van der Waals surface area contributed by atoms with Gasteiger partial charge in [0.1, 0.15) is 5.82 Å². The fourth-order valence-electron chi connectivity index (χ4n) is 3.24. The van der Waals surface area contributed by atoms with E-state index in [0.717, 1.165) is 43.6 Å². The van der Waals surface area contributed by atoms with Gasteiger partial charge < -0.3 is 5.21 Å². The minimum atomic E-state index is -0.0987. The molecule has 1 aromatic rings. The van der Waals surface area contributed by atoms with Gasteiger partial charge >= 0.3 is 0 Å². The topological polar surface area (TPSA) is 35.8 Å². The molecule has 0 bridgehead atoms. The van der Waals surface area contributed by atoms with Crippen LogP contribution in [-0.2, 0) is 0 Å². The second kappa shape index (κ2) is 4.69. The Hall–Kier alpha value is -1.42. The van der Waals surface area contributed by atoms with Gasteiger partial charge in [0, 0.05) is 37.9 Å².